The summed E-state index contributed by atoms with van der Waals surface area (Å²) in [5, 5.41) is 0. The van der Waals surface area contributed by atoms with Crippen LogP contribution < -0.4 is 5.73 Å². The van der Waals surface area contributed by atoms with Gasteiger partial charge in [0.15, 0.2) is 0 Å². The highest BCUT2D eigenvalue weighted by atomic mass is 19.1. The topological polar surface area (TPSA) is 64.2 Å². The van der Waals surface area contributed by atoms with E-state index in [-0.39, 0.29) is 30.1 Å². The van der Waals surface area contributed by atoms with Crippen molar-refractivity contribution in [1.82, 2.24) is 14.5 Å². The van der Waals surface area contributed by atoms with E-state index in [0.29, 0.717) is 13.1 Å². The number of amides is 1. The molecule has 2 atom stereocenters. The summed E-state index contributed by atoms with van der Waals surface area (Å²) >= 11 is 0. The number of carbonyl (C=O) groups excluding carboxylic acids is 1. The van der Waals surface area contributed by atoms with E-state index in [9.17, 15) is 9.18 Å². The van der Waals surface area contributed by atoms with Crippen molar-refractivity contribution < 1.29 is 9.18 Å². The molecule has 0 spiro atoms. The second-order valence-electron chi connectivity index (χ2n) is 6.16. The summed E-state index contributed by atoms with van der Waals surface area (Å²) in [6, 6.07) is 6.19. The van der Waals surface area contributed by atoms with Gasteiger partial charge in [-0.05, 0) is 17.7 Å². The number of benzene rings is 1. The lowest BCUT2D eigenvalue weighted by atomic mass is 10.0. The molecule has 0 aliphatic carbocycles. The Morgan fingerprint density at radius 2 is 2.29 bits per heavy atom. The number of halogens is 1. The Kier molecular flexibility index (Phi) is 4.76. The van der Waals surface area contributed by atoms with Crippen LogP contribution >= 0.6 is 0 Å². The highest BCUT2D eigenvalue weighted by Gasteiger charge is 2.34. The zero-order valence-electron chi connectivity index (χ0n) is 13.6. The Hall–Kier alpha value is -2.47. The van der Waals surface area contributed by atoms with Crippen molar-refractivity contribution in [3.63, 3.8) is 0 Å². The molecule has 0 unspecified atom stereocenters. The molecule has 2 aromatic rings. The predicted molar refractivity (Wildman–Crippen MR) is 90.6 cm³/mol. The van der Waals surface area contributed by atoms with E-state index in [1.54, 1.807) is 35.5 Å². The quantitative estimate of drug-likeness (QED) is 0.932. The molecule has 1 amide bonds. The fourth-order valence-corrected chi connectivity index (χ4v) is 3.11. The van der Waals surface area contributed by atoms with Gasteiger partial charge in [0.05, 0.1) is 6.33 Å². The number of nitrogens with zero attached hydrogens (tertiary/aromatic N) is 3. The molecule has 0 bridgehead atoms. The van der Waals surface area contributed by atoms with Crippen molar-refractivity contribution in [1.29, 1.82) is 0 Å². The van der Waals surface area contributed by atoms with Gasteiger partial charge in [-0.3, -0.25) is 4.79 Å². The first kappa shape index (κ1) is 16.4. The van der Waals surface area contributed by atoms with Gasteiger partial charge in [-0.25, -0.2) is 9.37 Å². The predicted octanol–water partition coefficient (Wildman–Crippen LogP) is 1.92. The van der Waals surface area contributed by atoms with Gasteiger partial charge in [0.2, 0.25) is 5.91 Å². The van der Waals surface area contributed by atoms with Gasteiger partial charge in [0.1, 0.15) is 5.82 Å². The molecule has 1 aromatic heterocycles. The molecule has 126 valence electrons. The van der Waals surface area contributed by atoms with Crippen LogP contribution in [0.1, 0.15) is 23.6 Å². The van der Waals surface area contributed by atoms with E-state index in [0.717, 1.165) is 11.3 Å². The maximum absolute atomic E-state index is 13.1. The lowest BCUT2D eigenvalue weighted by Gasteiger charge is -2.15. The van der Waals surface area contributed by atoms with Gasteiger partial charge in [-0.15, -0.1) is 0 Å². The van der Waals surface area contributed by atoms with Gasteiger partial charge in [-0.2, -0.15) is 0 Å². The minimum atomic E-state index is -0.284. The summed E-state index contributed by atoms with van der Waals surface area (Å²) in [4.78, 5) is 18.3. The average Bonchev–Trinajstić information content (AvgIpc) is 3.13. The van der Waals surface area contributed by atoms with Crippen LogP contribution in [0.15, 0.2) is 42.9 Å². The molecule has 1 aliphatic heterocycles. The molecule has 1 fully saturated rings. The molecule has 1 aliphatic rings. The lowest BCUT2D eigenvalue weighted by molar-refractivity contribution is -0.129. The number of likely N-dealkylation sites (tertiary alicyclic amines) is 1. The molecule has 24 heavy (non-hydrogen) atoms. The summed E-state index contributed by atoms with van der Waals surface area (Å²) in [5.74, 6) is -0.149. The molecular weight excluding hydrogens is 307 g/mol. The number of carbonyl (C=O) groups is 1. The van der Waals surface area contributed by atoms with Crippen molar-refractivity contribution in [2.24, 2.45) is 12.8 Å². The molecule has 5 nitrogen and oxygen atoms in total. The van der Waals surface area contributed by atoms with Crippen molar-refractivity contribution in [3.05, 3.63) is 59.9 Å². The zero-order valence-corrected chi connectivity index (χ0v) is 13.6. The third-order valence-electron chi connectivity index (χ3n) is 4.40. The Morgan fingerprint density at radius 3 is 3.00 bits per heavy atom. The van der Waals surface area contributed by atoms with Gasteiger partial charge in [-0.1, -0.05) is 24.3 Å². The molecule has 1 aromatic carbocycles. The lowest BCUT2D eigenvalue weighted by Crippen LogP contribution is -2.31. The van der Waals surface area contributed by atoms with Gasteiger partial charge < -0.3 is 15.2 Å². The van der Waals surface area contributed by atoms with Crippen molar-refractivity contribution in [3.8, 4) is 0 Å². The van der Waals surface area contributed by atoms with Crippen LogP contribution in [0.2, 0.25) is 0 Å². The standard InChI is InChI=1S/C18H21FN4O/c1-22-12-21-9-17(22)15-10-23(11-16(15)20)18(24)7-3-5-13-4-2-6-14(19)8-13/h2-6,8-9,12,15-16H,7,10-11,20H2,1H3/b5-3+/t15-,16-/m1/s1. The van der Waals surface area contributed by atoms with Crippen LogP contribution in [0.25, 0.3) is 6.08 Å². The van der Waals surface area contributed by atoms with Gasteiger partial charge >= 0.3 is 0 Å². The van der Waals surface area contributed by atoms with Crippen molar-refractivity contribution in [2.45, 2.75) is 18.4 Å². The SMILES string of the molecule is Cn1cncc1[C@@H]1CN(C(=O)C/C=C/c2cccc(F)c2)C[C@H]1N. The molecule has 2 heterocycles. The van der Waals surface area contributed by atoms with Crippen LogP contribution in [-0.4, -0.2) is 39.5 Å². The number of nitrogens with two attached hydrogens (primary N) is 1. The Balaban J connectivity index is 1.59. The Morgan fingerprint density at radius 1 is 1.46 bits per heavy atom. The fourth-order valence-electron chi connectivity index (χ4n) is 3.11. The second kappa shape index (κ2) is 6.97. The third kappa shape index (κ3) is 3.54. The van der Waals surface area contributed by atoms with E-state index in [1.165, 1.54) is 12.1 Å². The minimum Gasteiger partial charge on any atom is -0.340 e. The first-order valence-electron chi connectivity index (χ1n) is 7.96. The summed E-state index contributed by atoms with van der Waals surface area (Å²) in [6.45, 7) is 1.15. The molecule has 6 heteroatoms. The average molecular weight is 328 g/mol. The van der Waals surface area contributed by atoms with E-state index >= 15 is 0 Å². The van der Waals surface area contributed by atoms with Gasteiger partial charge in [0.25, 0.3) is 0 Å². The number of rotatable bonds is 4. The van der Waals surface area contributed by atoms with Crippen LogP contribution in [0.3, 0.4) is 0 Å². The Bertz CT molecular complexity index is 755. The molecule has 0 radical (unpaired) electrons. The summed E-state index contributed by atoms with van der Waals surface area (Å²) < 4.78 is 15.1. The van der Waals surface area contributed by atoms with Gasteiger partial charge in [0, 0.05) is 50.4 Å². The number of hydrogen-bond acceptors (Lipinski definition) is 3. The minimum absolute atomic E-state index is 0.0303. The maximum atomic E-state index is 13.1. The van der Waals surface area contributed by atoms with E-state index < -0.39 is 0 Å². The first-order chi connectivity index (χ1) is 11.5. The van der Waals surface area contributed by atoms with E-state index in [4.69, 9.17) is 5.73 Å². The summed E-state index contributed by atoms with van der Waals surface area (Å²) in [5.41, 5.74) is 8.00. The maximum Gasteiger partial charge on any atom is 0.226 e. The van der Waals surface area contributed by atoms with E-state index in [1.807, 2.05) is 17.8 Å². The van der Waals surface area contributed by atoms with Crippen molar-refractivity contribution >= 4 is 12.0 Å². The molecular formula is C18H21FN4O. The van der Waals surface area contributed by atoms with Crippen LogP contribution in [0, 0.1) is 5.82 Å². The summed E-state index contributed by atoms with van der Waals surface area (Å²) in [7, 11) is 1.93. The third-order valence-corrected chi connectivity index (χ3v) is 4.40. The number of aromatic nitrogens is 2. The monoisotopic (exact) mass is 328 g/mol. The van der Waals surface area contributed by atoms with Crippen molar-refractivity contribution in [2.75, 3.05) is 13.1 Å². The smallest absolute Gasteiger partial charge is 0.226 e. The molecule has 2 N–H and O–H groups in total. The highest BCUT2D eigenvalue weighted by molar-refractivity contribution is 5.79. The largest absolute Gasteiger partial charge is 0.340 e. The molecule has 1 saturated heterocycles. The first-order valence-corrected chi connectivity index (χ1v) is 7.96. The van der Waals surface area contributed by atoms with Crippen LogP contribution in [-0.2, 0) is 11.8 Å². The molecule has 0 saturated carbocycles. The zero-order chi connectivity index (χ0) is 17.1. The summed E-state index contributed by atoms with van der Waals surface area (Å²) in [6.07, 6.45) is 7.35. The van der Waals surface area contributed by atoms with Crippen LogP contribution in [0.4, 0.5) is 4.39 Å². The highest BCUT2D eigenvalue weighted by Crippen LogP contribution is 2.26. The Labute approximate surface area is 140 Å². The normalized spacial score (nSPS) is 20.9. The second-order valence-corrected chi connectivity index (χ2v) is 6.16. The number of imidazole rings is 1. The number of aryl methyl sites for hydroxylation is 1. The molecule has 3 rings (SSSR count). The number of hydrogen-bond donors (Lipinski definition) is 1. The van der Waals surface area contributed by atoms with Crippen LogP contribution in [0.5, 0.6) is 0 Å². The van der Waals surface area contributed by atoms with E-state index in [2.05, 4.69) is 4.98 Å². The fraction of sp³-hybridized carbons (Fsp3) is 0.333.